The highest BCUT2D eigenvalue weighted by molar-refractivity contribution is 7.90. The molecule has 0 spiro atoms. The van der Waals surface area contributed by atoms with Gasteiger partial charge in [-0.15, -0.1) is 0 Å². The molecule has 150 valence electrons. The monoisotopic (exact) mass is 395 g/mol. The molecule has 1 aromatic rings. The predicted molar refractivity (Wildman–Crippen MR) is 103 cm³/mol. The maximum atomic E-state index is 12.6. The van der Waals surface area contributed by atoms with E-state index in [4.69, 9.17) is 4.74 Å². The molecule has 3 aliphatic rings. The van der Waals surface area contributed by atoms with Gasteiger partial charge in [-0.25, -0.2) is 13.1 Å². The fraction of sp³-hybridized carbons (Fsp3) is 0.737. The molecule has 1 aromatic heterocycles. The summed E-state index contributed by atoms with van der Waals surface area (Å²) in [7, 11) is -3.26. The Labute approximate surface area is 160 Å². The van der Waals surface area contributed by atoms with Gasteiger partial charge in [-0.3, -0.25) is 4.79 Å². The van der Waals surface area contributed by atoms with Crippen LogP contribution < -0.4 is 10.3 Å². The number of likely N-dealkylation sites (tertiary alicyclic amines) is 1. The Hall–Kier alpha value is -1.22. The zero-order chi connectivity index (χ0) is 19.0. The average Bonchev–Trinajstić information content (AvgIpc) is 3.48. The Morgan fingerprint density at radius 2 is 2.07 bits per heavy atom. The minimum Gasteiger partial charge on any atom is -0.380 e. The molecule has 2 bridgehead atoms. The maximum Gasteiger partial charge on any atom is 0.251 e. The number of sulfonamides is 1. The first kappa shape index (κ1) is 19.1. The maximum absolute atomic E-state index is 12.6. The second-order valence-electron chi connectivity index (χ2n) is 7.97. The van der Waals surface area contributed by atoms with Crippen molar-refractivity contribution in [3.8, 4) is 0 Å². The van der Waals surface area contributed by atoms with Gasteiger partial charge in [-0.2, -0.15) is 0 Å². The minimum atomic E-state index is -3.26. The summed E-state index contributed by atoms with van der Waals surface area (Å²) in [5.41, 5.74) is 1.01. The summed E-state index contributed by atoms with van der Waals surface area (Å²) in [6.07, 6.45) is 2.49. The Bertz CT molecular complexity index is 834. The molecule has 3 heterocycles. The standard InChI is InChI=1S/C19H29N3O4S/c1-2-26-9-8-21-12-14-10-15(13-21)18(11-20-27(24,25)16-6-7-16)22-17(14)4-3-5-19(22)23/h3-5,14-16,18,20H,2,6-13H2,1H3/t14-,15+,18+/m1/s1. The van der Waals surface area contributed by atoms with Crippen LogP contribution >= 0.6 is 0 Å². The lowest BCUT2D eigenvalue weighted by molar-refractivity contribution is 0.0579. The van der Waals surface area contributed by atoms with E-state index in [1.165, 1.54) is 0 Å². The van der Waals surface area contributed by atoms with E-state index in [9.17, 15) is 13.2 Å². The summed E-state index contributed by atoms with van der Waals surface area (Å²) in [5, 5.41) is -0.241. The lowest BCUT2D eigenvalue weighted by Crippen LogP contribution is -2.52. The number of rotatable bonds is 8. The highest BCUT2D eigenvalue weighted by Crippen LogP contribution is 2.41. The van der Waals surface area contributed by atoms with Gasteiger partial charge in [0.05, 0.1) is 17.9 Å². The first-order chi connectivity index (χ1) is 13.0. The van der Waals surface area contributed by atoms with Crippen LogP contribution in [0.1, 0.15) is 43.8 Å². The number of hydrogen-bond donors (Lipinski definition) is 1. The Balaban J connectivity index is 1.57. The molecule has 0 radical (unpaired) electrons. The van der Waals surface area contributed by atoms with Gasteiger partial charge in [0, 0.05) is 50.5 Å². The molecule has 0 aromatic carbocycles. The van der Waals surface area contributed by atoms with E-state index in [1.54, 1.807) is 6.07 Å². The van der Waals surface area contributed by atoms with E-state index in [0.717, 1.165) is 44.6 Å². The molecule has 1 saturated heterocycles. The number of pyridine rings is 1. The second kappa shape index (κ2) is 7.66. The summed E-state index contributed by atoms with van der Waals surface area (Å²) < 4.78 is 34.8. The van der Waals surface area contributed by atoms with Crippen LogP contribution in [-0.4, -0.2) is 62.5 Å². The van der Waals surface area contributed by atoms with Crippen LogP contribution in [0, 0.1) is 5.92 Å². The van der Waals surface area contributed by atoms with Crippen molar-refractivity contribution >= 4 is 10.0 Å². The topological polar surface area (TPSA) is 80.6 Å². The van der Waals surface area contributed by atoms with E-state index in [1.807, 2.05) is 23.6 Å². The molecular formula is C19H29N3O4S. The van der Waals surface area contributed by atoms with Crippen LogP contribution in [-0.2, 0) is 14.8 Å². The summed E-state index contributed by atoms with van der Waals surface area (Å²) in [4.78, 5) is 15.0. The molecule has 3 atom stereocenters. The minimum absolute atomic E-state index is 0.0272. The third-order valence-corrected chi connectivity index (χ3v) is 8.00. The quantitative estimate of drug-likeness (QED) is 0.663. The first-order valence-electron chi connectivity index (χ1n) is 9.99. The largest absolute Gasteiger partial charge is 0.380 e. The highest BCUT2D eigenvalue weighted by atomic mass is 32.2. The van der Waals surface area contributed by atoms with Crippen molar-refractivity contribution in [1.29, 1.82) is 0 Å². The lowest BCUT2D eigenvalue weighted by Gasteiger charge is -2.47. The molecule has 2 fully saturated rings. The van der Waals surface area contributed by atoms with Crippen LogP contribution in [0.15, 0.2) is 23.0 Å². The zero-order valence-electron chi connectivity index (χ0n) is 15.8. The molecule has 1 saturated carbocycles. The molecule has 7 nitrogen and oxygen atoms in total. The normalized spacial score (nSPS) is 28.1. The van der Waals surface area contributed by atoms with Crippen LogP contribution in [0.4, 0.5) is 0 Å². The zero-order valence-corrected chi connectivity index (χ0v) is 16.7. The summed E-state index contributed by atoms with van der Waals surface area (Å²) in [6.45, 7) is 6.38. The molecule has 0 unspecified atom stereocenters. The number of nitrogens with zero attached hydrogens (tertiary/aromatic N) is 2. The highest BCUT2D eigenvalue weighted by Gasteiger charge is 2.42. The fourth-order valence-electron chi connectivity index (χ4n) is 4.62. The molecule has 4 rings (SSSR count). The summed E-state index contributed by atoms with van der Waals surface area (Å²) in [5.74, 6) is 0.579. The van der Waals surface area contributed by atoms with Crippen molar-refractivity contribution in [2.75, 3.05) is 39.4 Å². The Morgan fingerprint density at radius 3 is 2.81 bits per heavy atom. The van der Waals surface area contributed by atoms with Crippen molar-refractivity contribution in [2.24, 2.45) is 5.92 Å². The molecular weight excluding hydrogens is 366 g/mol. The molecule has 1 aliphatic carbocycles. The first-order valence-corrected chi connectivity index (χ1v) is 11.5. The SMILES string of the molecule is CCOCCN1C[C@H]2C[C@@H](C1)[C@H](CNS(=O)(=O)C1CC1)n1c2cccc1=O. The van der Waals surface area contributed by atoms with E-state index in [0.29, 0.717) is 25.7 Å². The van der Waals surface area contributed by atoms with Crippen LogP contribution in [0.2, 0.25) is 0 Å². The molecule has 27 heavy (non-hydrogen) atoms. The average molecular weight is 396 g/mol. The van der Waals surface area contributed by atoms with E-state index >= 15 is 0 Å². The van der Waals surface area contributed by atoms with E-state index in [2.05, 4.69) is 9.62 Å². The molecule has 2 aliphatic heterocycles. The Morgan fingerprint density at radius 1 is 1.26 bits per heavy atom. The van der Waals surface area contributed by atoms with Gasteiger partial charge >= 0.3 is 0 Å². The number of hydrogen-bond acceptors (Lipinski definition) is 5. The molecule has 8 heteroatoms. The van der Waals surface area contributed by atoms with Crippen molar-refractivity contribution in [3.63, 3.8) is 0 Å². The summed E-state index contributed by atoms with van der Waals surface area (Å²) in [6, 6.07) is 5.30. The van der Waals surface area contributed by atoms with Gasteiger partial charge in [0.1, 0.15) is 0 Å². The van der Waals surface area contributed by atoms with Crippen molar-refractivity contribution in [2.45, 2.75) is 43.4 Å². The molecule has 1 N–H and O–H groups in total. The van der Waals surface area contributed by atoms with Gasteiger partial charge in [-0.1, -0.05) is 6.07 Å². The van der Waals surface area contributed by atoms with Gasteiger partial charge in [0.25, 0.3) is 5.56 Å². The van der Waals surface area contributed by atoms with E-state index < -0.39 is 10.0 Å². The number of ether oxygens (including phenoxy) is 1. The van der Waals surface area contributed by atoms with Gasteiger partial charge < -0.3 is 14.2 Å². The molecule has 0 amide bonds. The van der Waals surface area contributed by atoms with Crippen LogP contribution in [0.5, 0.6) is 0 Å². The predicted octanol–water partition coefficient (Wildman–Crippen LogP) is 0.927. The smallest absolute Gasteiger partial charge is 0.251 e. The lowest BCUT2D eigenvalue weighted by atomic mass is 9.78. The third-order valence-electron chi connectivity index (χ3n) is 6.09. The van der Waals surface area contributed by atoms with Crippen LogP contribution in [0.25, 0.3) is 0 Å². The number of nitrogens with one attached hydrogen (secondary N) is 1. The Kier molecular flexibility index (Phi) is 5.42. The summed E-state index contributed by atoms with van der Waals surface area (Å²) >= 11 is 0. The van der Waals surface area contributed by atoms with Crippen molar-refractivity contribution < 1.29 is 13.2 Å². The number of piperidine rings is 1. The number of fused-ring (bicyclic) bond motifs is 4. The van der Waals surface area contributed by atoms with Crippen molar-refractivity contribution in [3.05, 3.63) is 34.2 Å². The van der Waals surface area contributed by atoms with Crippen molar-refractivity contribution in [1.82, 2.24) is 14.2 Å². The van der Waals surface area contributed by atoms with Gasteiger partial charge in [0.15, 0.2) is 0 Å². The second-order valence-corrected chi connectivity index (χ2v) is 10.0. The third kappa shape index (κ3) is 3.99. The van der Waals surface area contributed by atoms with E-state index in [-0.39, 0.29) is 22.8 Å². The fourth-order valence-corrected chi connectivity index (χ4v) is 6.01. The van der Waals surface area contributed by atoms with Crippen LogP contribution in [0.3, 0.4) is 0 Å². The number of aromatic nitrogens is 1. The van der Waals surface area contributed by atoms with Gasteiger partial charge in [0.2, 0.25) is 10.0 Å². The van der Waals surface area contributed by atoms with Gasteiger partial charge in [-0.05, 0) is 38.2 Å².